The van der Waals surface area contributed by atoms with E-state index in [4.69, 9.17) is 4.74 Å². The summed E-state index contributed by atoms with van der Waals surface area (Å²) in [6, 6.07) is 5.68. The Labute approximate surface area is 121 Å². The molecule has 0 bridgehead atoms. The number of hydrogen-bond donors (Lipinski definition) is 1. The largest absolute Gasteiger partial charge is 0.383 e. The lowest BCUT2D eigenvalue weighted by Crippen LogP contribution is -2.38. The number of nitrogens with zero attached hydrogens (tertiary/aromatic N) is 1. The highest BCUT2D eigenvalue weighted by atomic mass is 19.1. The minimum absolute atomic E-state index is 0.148. The maximum Gasteiger partial charge on any atom is 0.123 e. The van der Waals surface area contributed by atoms with Crippen LogP contribution in [0.15, 0.2) is 18.2 Å². The SMILES string of the molecule is COCCNCC1CCCN1Cc1ccc(F)cc1C. The fourth-order valence-corrected chi connectivity index (χ4v) is 2.83. The van der Waals surface area contributed by atoms with Crippen molar-refractivity contribution in [2.24, 2.45) is 0 Å². The summed E-state index contributed by atoms with van der Waals surface area (Å²) in [6.07, 6.45) is 2.48. The second-order valence-electron chi connectivity index (χ2n) is 5.53. The van der Waals surface area contributed by atoms with E-state index in [1.54, 1.807) is 19.2 Å². The molecular weight excluding hydrogens is 255 g/mol. The summed E-state index contributed by atoms with van der Waals surface area (Å²) < 4.78 is 18.2. The van der Waals surface area contributed by atoms with Crippen LogP contribution in [0.1, 0.15) is 24.0 Å². The molecule has 0 aliphatic carbocycles. The third-order valence-corrected chi connectivity index (χ3v) is 4.04. The molecule has 1 unspecified atom stereocenters. The standard InChI is InChI=1S/C16H25FN2O/c1-13-10-15(17)6-5-14(13)12-19-8-3-4-16(19)11-18-7-9-20-2/h5-6,10,16,18H,3-4,7-9,11-12H2,1-2H3. The third-order valence-electron chi connectivity index (χ3n) is 4.04. The van der Waals surface area contributed by atoms with Crippen molar-refractivity contribution in [3.8, 4) is 0 Å². The van der Waals surface area contributed by atoms with Gasteiger partial charge in [0.15, 0.2) is 0 Å². The predicted octanol–water partition coefficient (Wildman–Crippen LogP) is 2.33. The van der Waals surface area contributed by atoms with Crippen molar-refractivity contribution in [3.05, 3.63) is 35.1 Å². The quantitative estimate of drug-likeness (QED) is 0.776. The van der Waals surface area contributed by atoms with Crippen LogP contribution in [-0.2, 0) is 11.3 Å². The van der Waals surface area contributed by atoms with Gasteiger partial charge < -0.3 is 10.1 Å². The molecule has 4 heteroatoms. The Morgan fingerprint density at radius 2 is 2.30 bits per heavy atom. The van der Waals surface area contributed by atoms with Gasteiger partial charge in [-0.3, -0.25) is 4.90 Å². The highest BCUT2D eigenvalue weighted by molar-refractivity contribution is 5.26. The van der Waals surface area contributed by atoms with Gasteiger partial charge in [0.25, 0.3) is 0 Å². The topological polar surface area (TPSA) is 24.5 Å². The monoisotopic (exact) mass is 280 g/mol. The normalized spacial score (nSPS) is 19.6. The van der Waals surface area contributed by atoms with E-state index in [9.17, 15) is 4.39 Å². The first-order chi connectivity index (χ1) is 9.70. The van der Waals surface area contributed by atoms with Crippen LogP contribution >= 0.6 is 0 Å². The molecule has 1 N–H and O–H groups in total. The van der Waals surface area contributed by atoms with Gasteiger partial charge in [-0.05, 0) is 49.6 Å². The number of ether oxygens (including phenoxy) is 1. The van der Waals surface area contributed by atoms with E-state index in [1.165, 1.54) is 18.4 Å². The molecule has 1 aliphatic heterocycles. The summed E-state index contributed by atoms with van der Waals surface area (Å²) in [5.74, 6) is -0.148. The summed E-state index contributed by atoms with van der Waals surface area (Å²) in [5.41, 5.74) is 2.28. The number of likely N-dealkylation sites (tertiary alicyclic amines) is 1. The number of aryl methyl sites for hydroxylation is 1. The molecular formula is C16H25FN2O. The zero-order chi connectivity index (χ0) is 14.4. The molecule has 0 spiro atoms. The van der Waals surface area contributed by atoms with E-state index in [-0.39, 0.29) is 5.82 Å². The minimum atomic E-state index is -0.148. The van der Waals surface area contributed by atoms with Crippen molar-refractivity contribution in [3.63, 3.8) is 0 Å². The lowest BCUT2D eigenvalue weighted by molar-refractivity contribution is 0.191. The zero-order valence-corrected chi connectivity index (χ0v) is 12.5. The van der Waals surface area contributed by atoms with Crippen LogP contribution in [0.5, 0.6) is 0 Å². The highest BCUT2D eigenvalue weighted by Gasteiger charge is 2.24. The Bertz CT molecular complexity index is 425. The first kappa shape index (κ1) is 15.4. The fourth-order valence-electron chi connectivity index (χ4n) is 2.83. The molecule has 1 heterocycles. The van der Waals surface area contributed by atoms with Crippen molar-refractivity contribution < 1.29 is 9.13 Å². The van der Waals surface area contributed by atoms with Crippen LogP contribution in [0.3, 0.4) is 0 Å². The fraction of sp³-hybridized carbons (Fsp3) is 0.625. The average molecular weight is 280 g/mol. The van der Waals surface area contributed by atoms with E-state index in [1.807, 2.05) is 13.0 Å². The van der Waals surface area contributed by atoms with Crippen molar-refractivity contribution in [2.75, 3.05) is 33.4 Å². The summed E-state index contributed by atoms with van der Waals surface area (Å²) in [6.45, 7) is 6.69. The molecule has 0 radical (unpaired) electrons. The number of hydrogen-bond acceptors (Lipinski definition) is 3. The predicted molar refractivity (Wildman–Crippen MR) is 79.3 cm³/mol. The average Bonchev–Trinajstić information content (AvgIpc) is 2.85. The Kier molecular flexibility index (Phi) is 5.95. The lowest BCUT2D eigenvalue weighted by Gasteiger charge is -2.25. The molecule has 0 amide bonds. The molecule has 1 saturated heterocycles. The van der Waals surface area contributed by atoms with Gasteiger partial charge in [-0.15, -0.1) is 0 Å². The summed E-state index contributed by atoms with van der Waals surface area (Å²) >= 11 is 0. The number of methoxy groups -OCH3 is 1. The maximum atomic E-state index is 13.1. The Balaban J connectivity index is 1.87. The molecule has 1 atom stereocenters. The van der Waals surface area contributed by atoms with Crippen LogP contribution < -0.4 is 5.32 Å². The minimum Gasteiger partial charge on any atom is -0.383 e. The number of rotatable bonds is 7. The van der Waals surface area contributed by atoms with E-state index in [2.05, 4.69) is 10.2 Å². The maximum absolute atomic E-state index is 13.1. The van der Waals surface area contributed by atoms with Crippen LogP contribution in [0.25, 0.3) is 0 Å². The van der Waals surface area contributed by atoms with Crippen LogP contribution in [0, 0.1) is 12.7 Å². The van der Waals surface area contributed by atoms with Crippen molar-refractivity contribution in [1.82, 2.24) is 10.2 Å². The van der Waals surface area contributed by atoms with Gasteiger partial charge in [0.1, 0.15) is 5.82 Å². The van der Waals surface area contributed by atoms with E-state index in [0.717, 1.165) is 38.3 Å². The molecule has 1 fully saturated rings. The molecule has 2 rings (SSSR count). The molecule has 112 valence electrons. The Hall–Kier alpha value is -0.970. The van der Waals surface area contributed by atoms with E-state index >= 15 is 0 Å². The van der Waals surface area contributed by atoms with Gasteiger partial charge in [0.05, 0.1) is 6.61 Å². The van der Waals surface area contributed by atoms with E-state index in [0.29, 0.717) is 6.04 Å². The zero-order valence-electron chi connectivity index (χ0n) is 12.5. The van der Waals surface area contributed by atoms with Crippen molar-refractivity contribution >= 4 is 0 Å². The smallest absolute Gasteiger partial charge is 0.123 e. The molecule has 1 aromatic carbocycles. The Morgan fingerprint density at radius 1 is 1.45 bits per heavy atom. The highest BCUT2D eigenvalue weighted by Crippen LogP contribution is 2.21. The third kappa shape index (κ3) is 4.27. The van der Waals surface area contributed by atoms with Gasteiger partial charge in [0, 0.05) is 32.8 Å². The summed E-state index contributed by atoms with van der Waals surface area (Å²) in [5, 5.41) is 3.44. The second kappa shape index (κ2) is 7.72. The van der Waals surface area contributed by atoms with Gasteiger partial charge in [-0.25, -0.2) is 4.39 Å². The molecule has 20 heavy (non-hydrogen) atoms. The van der Waals surface area contributed by atoms with Crippen molar-refractivity contribution in [2.45, 2.75) is 32.4 Å². The van der Waals surface area contributed by atoms with Crippen LogP contribution in [0.2, 0.25) is 0 Å². The molecule has 0 aromatic heterocycles. The molecule has 1 aliphatic rings. The van der Waals surface area contributed by atoms with E-state index < -0.39 is 0 Å². The molecule has 0 saturated carbocycles. The number of nitrogens with one attached hydrogen (secondary N) is 1. The van der Waals surface area contributed by atoms with Crippen LogP contribution in [-0.4, -0.2) is 44.3 Å². The van der Waals surface area contributed by atoms with Gasteiger partial charge >= 0.3 is 0 Å². The van der Waals surface area contributed by atoms with Gasteiger partial charge in [-0.1, -0.05) is 6.07 Å². The second-order valence-corrected chi connectivity index (χ2v) is 5.53. The Morgan fingerprint density at radius 3 is 3.05 bits per heavy atom. The molecule has 1 aromatic rings. The van der Waals surface area contributed by atoms with Gasteiger partial charge in [-0.2, -0.15) is 0 Å². The van der Waals surface area contributed by atoms with Crippen LogP contribution in [0.4, 0.5) is 4.39 Å². The summed E-state index contributed by atoms with van der Waals surface area (Å²) in [4.78, 5) is 2.50. The van der Waals surface area contributed by atoms with Crippen molar-refractivity contribution in [1.29, 1.82) is 0 Å². The first-order valence-corrected chi connectivity index (χ1v) is 7.39. The number of halogens is 1. The first-order valence-electron chi connectivity index (χ1n) is 7.39. The lowest BCUT2D eigenvalue weighted by atomic mass is 10.1. The molecule has 3 nitrogen and oxygen atoms in total. The number of benzene rings is 1. The van der Waals surface area contributed by atoms with Gasteiger partial charge in [0.2, 0.25) is 0 Å². The summed E-state index contributed by atoms with van der Waals surface area (Å²) in [7, 11) is 1.72.